The van der Waals surface area contributed by atoms with E-state index in [1.54, 1.807) is 24.0 Å². The van der Waals surface area contributed by atoms with Crippen LogP contribution in [0.1, 0.15) is 43.9 Å². The van der Waals surface area contributed by atoms with E-state index in [1.807, 2.05) is 58.0 Å². The minimum atomic E-state index is -0.634. The van der Waals surface area contributed by atoms with Crippen LogP contribution < -0.4 is 10.1 Å². The molecule has 1 N–H and O–H groups in total. The molecule has 0 bridgehead atoms. The van der Waals surface area contributed by atoms with E-state index in [0.717, 1.165) is 23.1 Å². The van der Waals surface area contributed by atoms with E-state index in [-0.39, 0.29) is 24.5 Å². The fourth-order valence-corrected chi connectivity index (χ4v) is 3.20. The Labute approximate surface area is 184 Å². The Balaban J connectivity index is 2.16. The third-order valence-corrected chi connectivity index (χ3v) is 5.24. The van der Waals surface area contributed by atoms with Crippen molar-refractivity contribution in [2.45, 2.75) is 59.7 Å². The van der Waals surface area contributed by atoms with Crippen LogP contribution in [0.15, 0.2) is 42.5 Å². The lowest BCUT2D eigenvalue weighted by Crippen LogP contribution is -2.50. The number of nitrogens with zero attached hydrogens (tertiary/aromatic N) is 1. The summed E-state index contributed by atoms with van der Waals surface area (Å²) in [7, 11) is 0. The summed E-state index contributed by atoms with van der Waals surface area (Å²) in [4.78, 5) is 27.3. The van der Waals surface area contributed by atoms with E-state index < -0.39 is 6.04 Å². The van der Waals surface area contributed by atoms with Crippen molar-refractivity contribution in [3.8, 4) is 5.75 Å². The molecule has 6 heteroatoms. The van der Waals surface area contributed by atoms with Gasteiger partial charge in [-0.05, 0) is 75.1 Å². The smallest absolute Gasteiger partial charge is 0.261 e. The third-order valence-electron chi connectivity index (χ3n) is 4.99. The van der Waals surface area contributed by atoms with Crippen molar-refractivity contribution in [3.63, 3.8) is 0 Å². The zero-order chi connectivity index (χ0) is 22.3. The lowest BCUT2D eigenvalue weighted by Gasteiger charge is -2.29. The summed E-state index contributed by atoms with van der Waals surface area (Å²) in [5, 5.41) is 3.58. The molecule has 0 aromatic heterocycles. The Morgan fingerprint density at radius 1 is 1.07 bits per heavy atom. The number of carbonyl (C=O) groups excluding carboxylic acids is 2. The van der Waals surface area contributed by atoms with Crippen LogP contribution in [0.2, 0.25) is 5.02 Å². The van der Waals surface area contributed by atoms with Crippen LogP contribution in [0, 0.1) is 13.8 Å². The van der Waals surface area contributed by atoms with Crippen molar-refractivity contribution in [1.29, 1.82) is 0 Å². The third kappa shape index (κ3) is 7.06. The van der Waals surface area contributed by atoms with Gasteiger partial charge in [0.05, 0.1) is 0 Å². The largest absolute Gasteiger partial charge is 0.484 e. The number of ether oxygens (including phenoxy) is 1. The van der Waals surface area contributed by atoms with Gasteiger partial charge >= 0.3 is 0 Å². The van der Waals surface area contributed by atoms with Crippen LogP contribution in [-0.2, 0) is 16.1 Å². The number of amides is 2. The molecule has 5 nitrogen and oxygen atoms in total. The number of carbonyl (C=O) groups is 2. The van der Waals surface area contributed by atoms with Gasteiger partial charge < -0.3 is 15.0 Å². The first-order chi connectivity index (χ1) is 14.2. The summed E-state index contributed by atoms with van der Waals surface area (Å²) in [5.41, 5.74) is 3.02. The summed E-state index contributed by atoms with van der Waals surface area (Å²) < 4.78 is 5.76. The molecule has 2 aromatic carbocycles. The summed E-state index contributed by atoms with van der Waals surface area (Å²) in [5.74, 6) is 0.206. The standard InChI is InChI=1S/C24H31ClN2O3/c1-6-18(4)26-24(29)19(5)27(14-20-7-9-21(25)10-8-20)23(28)15-30-22-12-16(2)11-17(3)13-22/h7-13,18-19H,6,14-15H2,1-5H3,(H,26,29)/t18-,19+/m0/s1. The van der Waals surface area contributed by atoms with Crippen molar-refractivity contribution >= 4 is 23.4 Å². The lowest BCUT2D eigenvalue weighted by atomic mass is 10.1. The second-order valence-electron chi connectivity index (χ2n) is 7.75. The number of hydrogen-bond acceptors (Lipinski definition) is 3. The molecule has 0 saturated heterocycles. The second kappa shape index (κ2) is 11.0. The molecule has 0 aliphatic heterocycles. The molecule has 0 unspecified atom stereocenters. The summed E-state index contributed by atoms with van der Waals surface area (Å²) in [6, 6.07) is 12.5. The van der Waals surface area contributed by atoms with Gasteiger partial charge in [-0.15, -0.1) is 0 Å². The van der Waals surface area contributed by atoms with E-state index in [0.29, 0.717) is 17.3 Å². The van der Waals surface area contributed by atoms with Gasteiger partial charge in [0.1, 0.15) is 11.8 Å². The van der Waals surface area contributed by atoms with Crippen LogP contribution >= 0.6 is 11.6 Å². The van der Waals surface area contributed by atoms with Crippen molar-refractivity contribution in [1.82, 2.24) is 10.2 Å². The zero-order valence-corrected chi connectivity index (χ0v) is 19.1. The predicted octanol–water partition coefficient (Wildman–Crippen LogP) is 4.67. The van der Waals surface area contributed by atoms with Crippen LogP contribution in [0.3, 0.4) is 0 Å². The molecule has 30 heavy (non-hydrogen) atoms. The number of nitrogens with one attached hydrogen (secondary N) is 1. The Morgan fingerprint density at radius 3 is 2.23 bits per heavy atom. The Bertz CT molecular complexity index is 847. The topological polar surface area (TPSA) is 58.6 Å². The van der Waals surface area contributed by atoms with E-state index in [9.17, 15) is 9.59 Å². The number of hydrogen-bond donors (Lipinski definition) is 1. The highest BCUT2D eigenvalue weighted by Gasteiger charge is 2.27. The van der Waals surface area contributed by atoms with Crippen molar-refractivity contribution in [2.24, 2.45) is 0 Å². The molecule has 162 valence electrons. The second-order valence-corrected chi connectivity index (χ2v) is 8.19. The highest BCUT2D eigenvalue weighted by atomic mass is 35.5. The SMILES string of the molecule is CC[C@H](C)NC(=O)[C@@H](C)N(Cc1ccc(Cl)cc1)C(=O)COc1cc(C)cc(C)c1. The average molecular weight is 431 g/mol. The quantitative estimate of drug-likeness (QED) is 0.629. The first-order valence-electron chi connectivity index (χ1n) is 10.2. The normalized spacial score (nSPS) is 12.7. The molecule has 2 amide bonds. The number of rotatable bonds is 9. The molecule has 0 heterocycles. The summed E-state index contributed by atoms with van der Waals surface area (Å²) in [6.45, 7) is 9.80. The minimum Gasteiger partial charge on any atom is -0.484 e. The Morgan fingerprint density at radius 2 is 1.67 bits per heavy atom. The molecule has 0 aliphatic carbocycles. The fourth-order valence-electron chi connectivity index (χ4n) is 3.08. The number of benzene rings is 2. The van der Waals surface area contributed by atoms with Gasteiger partial charge in [-0.25, -0.2) is 0 Å². The summed E-state index contributed by atoms with van der Waals surface area (Å²) in [6.07, 6.45) is 0.819. The van der Waals surface area contributed by atoms with Gasteiger partial charge in [0.15, 0.2) is 6.61 Å². The van der Waals surface area contributed by atoms with E-state index in [2.05, 4.69) is 5.32 Å². The molecule has 2 aromatic rings. The van der Waals surface area contributed by atoms with Gasteiger partial charge in [0.2, 0.25) is 5.91 Å². The minimum absolute atomic E-state index is 0.0407. The van der Waals surface area contributed by atoms with Crippen LogP contribution in [0.4, 0.5) is 0 Å². The molecule has 0 radical (unpaired) electrons. The van der Waals surface area contributed by atoms with Crippen LogP contribution in [0.25, 0.3) is 0 Å². The first-order valence-corrected chi connectivity index (χ1v) is 10.6. The van der Waals surface area contributed by atoms with Gasteiger partial charge in [0, 0.05) is 17.6 Å². The maximum Gasteiger partial charge on any atom is 0.261 e. The van der Waals surface area contributed by atoms with E-state index in [4.69, 9.17) is 16.3 Å². The van der Waals surface area contributed by atoms with Gasteiger partial charge in [-0.1, -0.05) is 36.7 Å². The molecule has 0 aliphatic rings. The molecular formula is C24H31ClN2O3. The Hall–Kier alpha value is -2.53. The van der Waals surface area contributed by atoms with Crippen LogP contribution in [-0.4, -0.2) is 35.4 Å². The number of halogens is 1. The van der Waals surface area contributed by atoms with Crippen LogP contribution in [0.5, 0.6) is 5.75 Å². The maximum atomic E-state index is 13.1. The highest BCUT2D eigenvalue weighted by molar-refractivity contribution is 6.30. The highest BCUT2D eigenvalue weighted by Crippen LogP contribution is 2.18. The first kappa shape index (κ1) is 23.7. The molecule has 0 fully saturated rings. The van der Waals surface area contributed by atoms with Gasteiger partial charge in [-0.2, -0.15) is 0 Å². The molecule has 0 saturated carbocycles. The average Bonchev–Trinajstić information content (AvgIpc) is 2.70. The zero-order valence-electron chi connectivity index (χ0n) is 18.4. The summed E-state index contributed by atoms with van der Waals surface area (Å²) >= 11 is 5.98. The van der Waals surface area contributed by atoms with Crippen molar-refractivity contribution < 1.29 is 14.3 Å². The Kier molecular flexibility index (Phi) is 8.72. The van der Waals surface area contributed by atoms with Gasteiger partial charge in [-0.3, -0.25) is 9.59 Å². The number of aryl methyl sites for hydroxylation is 2. The van der Waals surface area contributed by atoms with Gasteiger partial charge in [0.25, 0.3) is 5.91 Å². The molecular weight excluding hydrogens is 400 g/mol. The fraction of sp³-hybridized carbons (Fsp3) is 0.417. The molecule has 0 spiro atoms. The van der Waals surface area contributed by atoms with Crippen molar-refractivity contribution in [2.75, 3.05) is 6.61 Å². The lowest BCUT2D eigenvalue weighted by molar-refractivity contribution is -0.142. The molecule has 2 rings (SSSR count). The maximum absolute atomic E-state index is 13.1. The van der Waals surface area contributed by atoms with Crippen molar-refractivity contribution in [3.05, 3.63) is 64.2 Å². The van der Waals surface area contributed by atoms with E-state index in [1.165, 1.54) is 0 Å². The van der Waals surface area contributed by atoms with E-state index >= 15 is 0 Å². The monoisotopic (exact) mass is 430 g/mol. The predicted molar refractivity (Wildman–Crippen MR) is 121 cm³/mol. The molecule has 2 atom stereocenters.